The van der Waals surface area contributed by atoms with Gasteiger partial charge >= 0.3 is 0 Å². The molecule has 4 nitrogen and oxygen atoms in total. The van der Waals surface area contributed by atoms with Crippen LogP contribution < -0.4 is 5.73 Å². The first-order valence-corrected chi connectivity index (χ1v) is 8.47. The number of fused-ring (bicyclic) bond motifs is 1. The van der Waals surface area contributed by atoms with E-state index in [-0.39, 0.29) is 6.10 Å². The van der Waals surface area contributed by atoms with Gasteiger partial charge in [0.1, 0.15) is 11.9 Å². The number of hydrogen-bond acceptors (Lipinski definition) is 4. The molecule has 1 atom stereocenters. The normalized spacial score (nSPS) is 21.6. The molecule has 2 aliphatic carbocycles. The Morgan fingerprint density at radius 2 is 1.71 bits per heavy atom. The molecule has 1 aromatic heterocycles. The molecule has 0 bridgehead atoms. The summed E-state index contributed by atoms with van der Waals surface area (Å²) < 4.78 is 5.77. The molecule has 0 spiro atoms. The summed E-state index contributed by atoms with van der Waals surface area (Å²) >= 11 is 0. The van der Waals surface area contributed by atoms with E-state index in [2.05, 4.69) is 4.98 Å². The number of hydrogen-bond donors (Lipinski definition) is 1. The van der Waals surface area contributed by atoms with Crippen molar-refractivity contribution in [2.75, 3.05) is 12.8 Å². The van der Waals surface area contributed by atoms with Gasteiger partial charge in [0, 0.05) is 18.4 Å². The number of nitrogens with two attached hydrogens (primary N) is 1. The van der Waals surface area contributed by atoms with Crippen LogP contribution in [-0.4, -0.2) is 17.1 Å². The predicted molar refractivity (Wildman–Crippen MR) is 84.0 cm³/mol. The summed E-state index contributed by atoms with van der Waals surface area (Å²) in [4.78, 5) is 9.48. The van der Waals surface area contributed by atoms with E-state index in [1.807, 2.05) is 0 Å². The van der Waals surface area contributed by atoms with Gasteiger partial charge < -0.3 is 10.5 Å². The van der Waals surface area contributed by atoms with E-state index in [0.29, 0.717) is 11.7 Å². The molecular formula is C17H27N3O. The molecule has 1 heterocycles. The first kappa shape index (κ1) is 14.8. The Balaban J connectivity index is 1.89. The van der Waals surface area contributed by atoms with E-state index in [1.165, 1.54) is 62.6 Å². The van der Waals surface area contributed by atoms with E-state index < -0.39 is 0 Å². The van der Waals surface area contributed by atoms with E-state index in [1.54, 1.807) is 7.11 Å². The van der Waals surface area contributed by atoms with Crippen LogP contribution in [0, 0.1) is 5.92 Å². The second-order valence-corrected chi connectivity index (χ2v) is 6.51. The molecule has 0 radical (unpaired) electrons. The van der Waals surface area contributed by atoms with Crippen molar-refractivity contribution in [3.63, 3.8) is 0 Å². The highest BCUT2D eigenvalue weighted by atomic mass is 16.5. The minimum absolute atomic E-state index is 0.0150. The minimum Gasteiger partial charge on any atom is -0.383 e. The SMILES string of the molecule is COC(c1nc(N)c2c(n1)CCCCC2)C1CCCCC1. The second-order valence-electron chi connectivity index (χ2n) is 6.51. The summed E-state index contributed by atoms with van der Waals surface area (Å²) in [5.41, 5.74) is 8.59. The lowest BCUT2D eigenvalue weighted by Gasteiger charge is -2.28. The second kappa shape index (κ2) is 6.73. The summed E-state index contributed by atoms with van der Waals surface area (Å²) in [7, 11) is 1.78. The quantitative estimate of drug-likeness (QED) is 0.864. The van der Waals surface area contributed by atoms with Gasteiger partial charge in [-0.25, -0.2) is 9.97 Å². The van der Waals surface area contributed by atoms with Gasteiger partial charge in [-0.3, -0.25) is 0 Å². The number of rotatable bonds is 3. The van der Waals surface area contributed by atoms with Crippen LogP contribution in [0.1, 0.15) is 74.6 Å². The summed E-state index contributed by atoms with van der Waals surface area (Å²) in [6.07, 6.45) is 12.1. The Hall–Kier alpha value is -1.16. The zero-order chi connectivity index (χ0) is 14.7. The molecule has 0 amide bonds. The van der Waals surface area contributed by atoms with E-state index in [9.17, 15) is 0 Å². The summed E-state index contributed by atoms with van der Waals surface area (Å²) in [6, 6.07) is 0. The zero-order valence-corrected chi connectivity index (χ0v) is 13.1. The third kappa shape index (κ3) is 3.20. The third-order valence-electron chi connectivity index (χ3n) is 5.07. The maximum absolute atomic E-state index is 6.23. The van der Waals surface area contributed by atoms with Crippen molar-refractivity contribution in [2.45, 2.75) is 70.3 Å². The molecular weight excluding hydrogens is 262 g/mol. The molecule has 0 aliphatic heterocycles. The van der Waals surface area contributed by atoms with Crippen molar-refractivity contribution in [3.05, 3.63) is 17.1 Å². The molecule has 0 saturated heterocycles. The summed E-state index contributed by atoms with van der Waals surface area (Å²) in [6.45, 7) is 0. The van der Waals surface area contributed by atoms with Gasteiger partial charge in [-0.2, -0.15) is 0 Å². The average Bonchev–Trinajstić information content (AvgIpc) is 2.75. The number of aryl methyl sites for hydroxylation is 1. The van der Waals surface area contributed by atoms with Gasteiger partial charge in [-0.1, -0.05) is 25.7 Å². The van der Waals surface area contributed by atoms with Crippen LogP contribution in [0.4, 0.5) is 5.82 Å². The number of anilines is 1. The maximum Gasteiger partial charge on any atom is 0.160 e. The van der Waals surface area contributed by atoms with Crippen molar-refractivity contribution < 1.29 is 4.74 Å². The number of nitrogens with zero attached hydrogens (tertiary/aromatic N) is 2. The maximum atomic E-state index is 6.23. The molecule has 116 valence electrons. The van der Waals surface area contributed by atoms with Crippen LogP contribution in [0.5, 0.6) is 0 Å². The highest BCUT2D eigenvalue weighted by Crippen LogP contribution is 2.36. The lowest BCUT2D eigenvalue weighted by atomic mass is 9.85. The molecule has 1 aromatic rings. The molecule has 1 saturated carbocycles. The van der Waals surface area contributed by atoms with Crippen LogP contribution in [-0.2, 0) is 17.6 Å². The highest BCUT2D eigenvalue weighted by Gasteiger charge is 2.28. The predicted octanol–water partition coefficient (Wildman–Crippen LogP) is 3.60. The van der Waals surface area contributed by atoms with Gasteiger partial charge in [0.15, 0.2) is 5.82 Å². The Kier molecular flexibility index (Phi) is 4.73. The average molecular weight is 289 g/mol. The number of methoxy groups -OCH3 is 1. The molecule has 1 unspecified atom stereocenters. The minimum atomic E-state index is 0.0150. The monoisotopic (exact) mass is 289 g/mol. The van der Waals surface area contributed by atoms with E-state index in [0.717, 1.165) is 18.7 Å². The molecule has 2 N–H and O–H groups in total. The fourth-order valence-corrected chi connectivity index (χ4v) is 3.89. The zero-order valence-electron chi connectivity index (χ0n) is 13.1. The molecule has 4 heteroatoms. The fraction of sp³-hybridized carbons (Fsp3) is 0.765. The van der Waals surface area contributed by atoms with Gasteiger partial charge in [-0.05, 0) is 44.4 Å². The van der Waals surface area contributed by atoms with Crippen molar-refractivity contribution in [3.8, 4) is 0 Å². The van der Waals surface area contributed by atoms with Crippen LogP contribution >= 0.6 is 0 Å². The molecule has 2 aliphatic rings. The molecule has 21 heavy (non-hydrogen) atoms. The first-order chi connectivity index (χ1) is 10.3. The Morgan fingerprint density at radius 1 is 1.00 bits per heavy atom. The Bertz CT molecular complexity index is 483. The number of aromatic nitrogens is 2. The lowest BCUT2D eigenvalue weighted by Crippen LogP contribution is -2.22. The Morgan fingerprint density at radius 3 is 2.48 bits per heavy atom. The highest BCUT2D eigenvalue weighted by molar-refractivity contribution is 5.43. The Labute approximate surface area is 127 Å². The van der Waals surface area contributed by atoms with Crippen molar-refractivity contribution in [1.29, 1.82) is 0 Å². The lowest BCUT2D eigenvalue weighted by molar-refractivity contribution is 0.0288. The van der Waals surface area contributed by atoms with E-state index in [4.69, 9.17) is 15.5 Å². The molecule has 0 aromatic carbocycles. The fourth-order valence-electron chi connectivity index (χ4n) is 3.89. The van der Waals surface area contributed by atoms with Crippen LogP contribution in [0.15, 0.2) is 0 Å². The number of nitrogen functional groups attached to an aromatic ring is 1. The largest absolute Gasteiger partial charge is 0.383 e. The van der Waals surface area contributed by atoms with Crippen LogP contribution in [0.25, 0.3) is 0 Å². The van der Waals surface area contributed by atoms with Crippen molar-refractivity contribution in [1.82, 2.24) is 9.97 Å². The number of ether oxygens (including phenoxy) is 1. The third-order valence-corrected chi connectivity index (χ3v) is 5.07. The first-order valence-electron chi connectivity index (χ1n) is 8.47. The van der Waals surface area contributed by atoms with Gasteiger partial charge in [0.25, 0.3) is 0 Å². The molecule has 3 rings (SSSR count). The van der Waals surface area contributed by atoms with E-state index >= 15 is 0 Å². The van der Waals surface area contributed by atoms with Crippen LogP contribution in [0.2, 0.25) is 0 Å². The molecule has 1 fully saturated rings. The standard InChI is InChI=1S/C17H27N3O/c1-21-15(12-8-4-2-5-9-12)17-19-14-11-7-3-6-10-13(14)16(18)20-17/h12,15H,2-11H2,1H3,(H2,18,19,20). The summed E-state index contributed by atoms with van der Waals surface area (Å²) in [5.74, 6) is 2.06. The van der Waals surface area contributed by atoms with Crippen LogP contribution in [0.3, 0.4) is 0 Å². The van der Waals surface area contributed by atoms with Crippen molar-refractivity contribution >= 4 is 5.82 Å². The summed E-state index contributed by atoms with van der Waals surface area (Å²) in [5, 5.41) is 0. The smallest absolute Gasteiger partial charge is 0.160 e. The topological polar surface area (TPSA) is 61.0 Å². The van der Waals surface area contributed by atoms with Gasteiger partial charge in [-0.15, -0.1) is 0 Å². The van der Waals surface area contributed by atoms with Crippen molar-refractivity contribution in [2.24, 2.45) is 5.92 Å². The van der Waals surface area contributed by atoms with Gasteiger partial charge in [0.2, 0.25) is 0 Å². The van der Waals surface area contributed by atoms with Gasteiger partial charge in [0.05, 0.1) is 0 Å².